The summed E-state index contributed by atoms with van der Waals surface area (Å²) in [4.78, 5) is 38.0. The maximum atomic E-state index is 12.8. The SMILES string of the molecule is CC/C=C\C/C=C\C/C=C\CCCCCCC(=O)OC(COC(=O)CCCCC/C=C\CCCCCCCCC)COC(=O)CCCCCCCCCCCCCCCCCC. The van der Waals surface area contributed by atoms with E-state index in [4.69, 9.17) is 14.2 Å². The monoisotopic (exact) mass is 869 g/mol. The molecule has 6 nitrogen and oxygen atoms in total. The molecule has 0 aliphatic carbocycles. The molecule has 0 bridgehead atoms. The summed E-state index contributed by atoms with van der Waals surface area (Å²) < 4.78 is 16.8. The van der Waals surface area contributed by atoms with Crippen LogP contribution in [0.4, 0.5) is 0 Å². The molecule has 0 aromatic carbocycles. The van der Waals surface area contributed by atoms with Gasteiger partial charge in [0.2, 0.25) is 0 Å². The zero-order valence-corrected chi connectivity index (χ0v) is 41.1. The van der Waals surface area contributed by atoms with Crippen LogP contribution in [0.2, 0.25) is 0 Å². The molecule has 0 fully saturated rings. The molecule has 0 aliphatic heterocycles. The fraction of sp³-hybridized carbons (Fsp3) is 0.804. The van der Waals surface area contributed by atoms with Crippen LogP contribution in [0.15, 0.2) is 48.6 Å². The smallest absolute Gasteiger partial charge is 0.306 e. The van der Waals surface area contributed by atoms with E-state index in [9.17, 15) is 14.4 Å². The number of esters is 3. The number of allylic oxidation sites excluding steroid dienone is 8. The first-order valence-electron chi connectivity index (χ1n) is 26.6. The van der Waals surface area contributed by atoms with Crippen molar-refractivity contribution in [2.45, 2.75) is 277 Å². The van der Waals surface area contributed by atoms with Crippen molar-refractivity contribution in [2.75, 3.05) is 13.2 Å². The van der Waals surface area contributed by atoms with Crippen molar-refractivity contribution in [3.05, 3.63) is 48.6 Å². The van der Waals surface area contributed by atoms with Gasteiger partial charge in [0.1, 0.15) is 13.2 Å². The second kappa shape index (κ2) is 51.0. The third-order valence-corrected chi connectivity index (χ3v) is 11.6. The Morgan fingerprint density at radius 1 is 0.339 bits per heavy atom. The summed E-state index contributed by atoms with van der Waals surface area (Å²) in [7, 11) is 0. The predicted molar refractivity (Wildman–Crippen MR) is 265 cm³/mol. The van der Waals surface area contributed by atoms with Crippen LogP contribution >= 0.6 is 0 Å². The maximum absolute atomic E-state index is 12.8. The minimum Gasteiger partial charge on any atom is -0.462 e. The van der Waals surface area contributed by atoms with Gasteiger partial charge in [0.15, 0.2) is 6.10 Å². The summed E-state index contributed by atoms with van der Waals surface area (Å²) in [6.07, 6.45) is 61.0. The van der Waals surface area contributed by atoms with Crippen LogP contribution in [0.1, 0.15) is 271 Å². The van der Waals surface area contributed by atoms with Gasteiger partial charge < -0.3 is 14.2 Å². The number of hydrogen-bond acceptors (Lipinski definition) is 6. The molecule has 1 unspecified atom stereocenters. The number of rotatable bonds is 48. The van der Waals surface area contributed by atoms with Crippen molar-refractivity contribution in [3.63, 3.8) is 0 Å². The molecule has 0 heterocycles. The zero-order valence-electron chi connectivity index (χ0n) is 41.1. The molecule has 0 aromatic heterocycles. The lowest BCUT2D eigenvalue weighted by atomic mass is 10.0. The van der Waals surface area contributed by atoms with Gasteiger partial charge >= 0.3 is 17.9 Å². The van der Waals surface area contributed by atoms with Crippen LogP contribution < -0.4 is 0 Å². The molecule has 1 atom stereocenters. The largest absolute Gasteiger partial charge is 0.462 e. The molecule has 0 rings (SSSR count). The first-order valence-corrected chi connectivity index (χ1v) is 26.6. The summed E-state index contributed by atoms with van der Waals surface area (Å²) in [6, 6.07) is 0. The highest BCUT2D eigenvalue weighted by Gasteiger charge is 2.19. The van der Waals surface area contributed by atoms with E-state index in [0.29, 0.717) is 19.3 Å². The van der Waals surface area contributed by atoms with Gasteiger partial charge in [-0.25, -0.2) is 0 Å². The van der Waals surface area contributed by atoms with Crippen molar-refractivity contribution in [2.24, 2.45) is 0 Å². The number of ether oxygens (including phenoxy) is 3. The van der Waals surface area contributed by atoms with Gasteiger partial charge in [0.25, 0.3) is 0 Å². The van der Waals surface area contributed by atoms with E-state index in [0.717, 1.165) is 103 Å². The van der Waals surface area contributed by atoms with Crippen molar-refractivity contribution >= 4 is 17.9 Å². The molecule has 0 radical (unpaired) electrons. The molecule has 0 spiro atoms. The van der Waals surface area contributed by atoms with Crippen LogP contribution in [0.25, 0.3) is 0 Å². The van der Waals surface area contributed by atoms with Gasteiger partial charge in [-0.1, -0.05) is 223 Å². The average Bonchev–Trinajstić information content (AvgIpc) is 3.27. The highest BCUT2D eigenvalue weighted by molar-refractivity contribution is 5.71. The highest BCUT2D eigenvalue weighted by atomic mass is 16.6. The van der Waals surface area contributed by atoms with E-state index >= 15 is 0 Å². The first-order chi connectivity index (χ1) is 30.5. The molecule has 0 saturated carbocycles. The Hall–Kier alpha value is -2.63. The Bertz CT molecular complexity index is 1090. The molecule has 0 aliphatic rings. The van der Waals surface area contributed by atoms with E-state index in [1.807, 2.05) is 0 Å². The van der Waals surface area contributed by atoms with Gasteiger partial charge in [-0.3, -0.25) is 14.4 Å². The summed E-state index contributed by atoms with van der Waals surface area (Å²) >= 11 is 0. The van der Waals surface area contributed by atoms with E-state index in [-0.39, 0.29) is 31.1 Å². The fourth-order valence-corrected chi connectivity index (χ4v) is 7.57. The van der Waals surface area contributed by atoms with Crippen LogP contribution in [0.5, 0.6) is 0 Å². The number of carbonyl (C=O) groups is 3. The van der Waals surface area contributed by atoms with E-state index in [1.54, 1.807) is 0 Å². The summed E-state index contributed by atoms with van der Waals surface area (Å²) in [6.45, 7) is 6.51. The van der Waals surface area contributed by atoms with Gasteiger partial charge in [-0.15, -0.1) is 0 Å². The second-order valence-corrected chi connectivity index (χ2v) is 17.8. The molecular weight excluding hydrogens is 769 g/mol. The lowest BCUT2D eigenvalue weighted by molar-refractivity contribution is -0.167. The summed E-state index contributed by atoms with van der Waals surface area (Å²) in [5, 5.41) is 0. The number of hydrogen-bond donors (Lipinski definition) is 0. The Morgan fingerprint density at radius 2 is 0.629 bits per heavy atom. The van der Waals surface area contributed by atoms with Gasteiger partial charge in [-0.05, 0) is 77.0 Å². The average molecular weight is 869 g/mol. The van der Waals surface area contributed by atoms with Crippen molar-refractivity contribution in [1.29, 1.82) is 0 Å². The van der Waals surface area contributed by atoms with E-state index in [1.165, 1.54) is 128 Å². The van der Waals surface area contributed by atoms with Gasteiger partial charge in [0, 0.05) is 19.3 Å². The quantitative estimate of drug-likeness (QED) is 0.0262. The zero-order chi connectivity index (χ0) is 45.1. The predicted octanol–water partition coefficient (Wildman–Crippen LogP) is 17.5. The van der Waals surface area contributed by atoms with Crippen molar-refractivity contribution in [1.82, 2.24) is 0 Å². The Labute approximate surface area is 384 Å². The Morgan fingerprint density at radius 3 is 1.02 bits per heavy atom. The maximum Gasteiger partial charge on any atom is 0.306 e. The normalized spacial score (nSPS) is 12.4. The summed E-state index contributed by atoms with van der Waals surface area (Å²) in [5.41, 5.74) is 0. The molecule has 0 N–H and O–H groups in total. The Balaban J connectivity index is 4.40. The van der Waals surface area contributed by atoms with Crippen molar-refractivity contribution in [3.8, 4) is 0 Å². The first kappa shape index (κ1) is 59.4. The molecule has 0 aromatic rings. The molecular formula is C56H100O6. The molecule has 0 amide bonds. The van der Waals surface area contributed by atoms with Gasteiger partial charge in [0.05, 0.1) is 0 Å². The van der Waals surface area contributed by atoms with E-state index < -0.39 is 6.10 Å². The highest BCUT2D eigenvalue weighted by Crippen LogP contribution is 2.16. The molecule has 0 saturated heterocycles. The molecule has 62 heavy (non-hydrogen) atoms. The van der Waals surface area contributed by atoms with Crippen LogP contribution in [-0.2, 0) is 28.6 Å². The molecule has 360 valence electrons. The van der Waals surface area contributed by atoms with E-state index in [2.05, 4.69) is 69.4 Å². The van der Waals surface area contributed by atoms with Crippen LogP contribution in [0.3, 0.4) is 0 Å². The topological polar surface area (TPSA) is 78.9 Å². The standard InChI is InChI=1S/C56H100O6/c1-4-7-10-13-16-19-22-25-28-29-32-34-37-40-43-46-49-55(58)61-52-53(62-56(59)50-47-44-41-38-35-31-27-24-21-18-15-12-9-6-3)51-60-54(57)48-45-42-39-36-33-30-26-23-20-17-14-11-8-5-2/h9,12,18,21,27,30-31,33,53H,4-8,10-11,13-17,19-20,22-26,28-29,32,34-52H2,1-3H3/b12-9-,21-18-,31-27-,33-30-. The number of unbranched alkanes of at least 4 members (excludes halogenated alkanes) is 29. The summed E-state index contributed by atoms with van der Waals surface area (Å²) in [5.74, 6) is -0.914. The molecule has 6 heteroatoms. The van der Waals surface area contributed by atoms with Crippen LogP contribution in [0, 0.1) is 0 Å². The van der Waals surface area contributed by atoms with Crippen LogP contribution in [-0.4, -0.2) is 37.2 Å². The minimum atomic E-state index is -0.787. The lowest BCUT2D eigenvalue weighted by Crippen LogP contribution is -2.30. The Kier molecular flexibility index (Phi) is 48.8. The third-order valence-electron chi connectivity index (χ3n) is 11.6. The second-order valence-electron chi connectivity index (χ2n) is 17.8. The lowest BCUT2D eigenvalue weighted by Gasteiger charge is -2.18. The van der Waals surface area contributed by atoms with Gasteiger partial charge in [-0.2, -0.15) is 0 Å². The van der Waals surface area contributed by atoms with Crippen molar-refractivity contribution < 1.29 is 28.6 Å². The minimum absolute atomic E-state index is 0.0845. The third kappa shape index (κ3) is 48.4. The fourth-order valence-electron chi connectivity index (χ4n) is 7.57. The number of carbonyl (C=O) groups excluding carboxylic acids is 3.